The summed E-state index contributed by atoms with van der Waals surface area (Å²) in [6.45, 7) is 5.88. The van der Waals surface area contributed by atoms with Crippen LogP contribution in [0, 0.1) is 23.7 Å². The summed E-state index contributed by atoms with van der Waals surface area (Å²) in [6, 6.07) is 0. The number of carbonyl (C=O) groups is 2. The monoisotopic (exact) mass is 532 g/mol. The first-order valence-corrected chi connectivity index (χ1v) is 11.1. The van der Waals surface area contributed by atoms with Crippen LogP contribution in [0.25, 0.3) is 0 Å². The van der Waals surface area contributed by atoms with E-state index in [0.29, 0.717) is 15.9 Å². The van der Waals surface area contributed by atoms with Gasteiger partial charge in [0.25, 0.3) is 0 Å². The van der Waals surface area contributed by atoms with E-state index in [1.807, 2.05) is 20.8 Å². The molecule has 4 aliphatic rings. The molecule has 2 aliphatic carbocycles. The van der Waals surface area contributed by atoms with Gasteiger partial charge in [-0.3, -0.25) is 0 Å². The van der Waals surface area contributed by atoms with Gasteiger partial charge in [-0.05, 0) is 0 Å². The summed E-state index contributed by atoms with van der Waals surface area (Å²) in [5.74, 6) is 0.596. The third-order valence-electron chi connectivity index (χ3n) is 5.74. The molecule has 7 heteroatoms. The van der Waals surface area contributed by atoms with Gasteiger partial charge in [0.05, 0.1) is 0 Å². The maximum absolute atomic E-state index is 12.6. The first-order valence-electron chi connectivity index (χ1n) is 7.72. The van der Waals surface area contributed by atoms with E-state index < -0.39 is 9.02 Å². The zero-order valence-corrected chi connectivity index (χ0v) is 17.1. The van der Waals surface area contributed by atoms with Gasteiger partial charge in [-0.25, -0.2) is 0 Å². The zero-order chi connectivity index (χ0) is 15.9. The summed E-state index contributed by atoms with van der Waals surface area (Å²) in [5, 5.41) is 0. The fourth-order valence-corrected chi connectivity index (χ4v) is 8.03. The van der Waals surface area contributed by atoms with Crippen LogP contribution in [-0.2, 0) is 19.1 Å². The van der Waals surface area contributed by atoms with Crippen LogP contribution in [0.1, 0.15) is 33.6 Å². The molecule has 5 nitrogen and oxygen atoms in total. The Morgan fingerprint density at radius 1 is 1.41 bits per heavy atom. The summed E-state index contributed by atoms with van der Waals surface area (Å²) < 4.78 is 14.6. The van der Waals surface area contributed by atoms with Gasteiger partial charge in [0.2, 0.25) is 0 Å². The molecule has 0 radical (unpaired) electrons. The second-order valence-electron chi connectivity index (χ2n) is 7.57. The van der Waals surface area contributed by atoms with E-state index in [4.69, 9.17) is 9.47 Å². The number of alkyl halides is 2. The van der Waals surface area contributed by atoms with Crippen molar-refractivity contribution in [3.8, 4) is 0 Å². The fourth-order valence-electron chi connectivity index (χ4n) is 4.73. The van der Waals surface area contributed by atoms with E-state index in [1.165, 1.54) is 0 Å². The van der Waals surface area contributed by atoms with Crippen molar-refractivity contribution >= 4 is 34.5 Å². The molecule has 22 heavy (non-hydrogen) atoms. The minimum atomic E-state index is -0.616. The zero-order valence-electron chi connectivity index (χ0n) is 12.8. The molecule has 2 bridgehead atoms. The van der Waals surface area contributed by atoms with Gasteiger partial charge in [0.1, 0.15) is 0 Å². The number of carbonyl (C=O) groups excluding carboxylic acids is 2. The van der Waals surface area contributed by atoms with E-state index in [1.54, 1.807) is 0 Å². The van der Waals surface area contributed by atoms with Crippen LogP contribution in [0.2, 0.25) is 0 Å². The van der Waals surface area contributed by atoms with Crippen molar-refractivity contribution in [1.29, 1.82) is 0 Å². The molecular formula is C15H20I2NO4-. The second-order valence-corrected chi connectivity index (χ2v) is 12.3. The molecule has 0 spiro atoms. The van der Waals surface area contributed by atoms with E-state index in [2.05, 4.69) is 26.1 Å². The van der Waals surface area contributed by atoms with Crippen LogP contribution < -0.4 is 25.0 Å². The molecule has 2 aliphatic heterocycles. The third-order valence-corrected chi connectivity index (χ3v) is 10.5. The first-order chi connectivity index (χ1) is 10.2. The summed E-state index contributed by atoms with van der Waals surface area (Å²) in [6.07, 6.45) is 2.11. The average Bonchev–Trinajstić information content (AvgIpc) is 3.06. The Labute approximate surface area is 154 Å². The number of ether oxygens (including phenoxy) is 2. The first kappa shape index (κ1) is 15.9. The van der Waals surface area contributed by atoms with Crippen LogP contribution in [-0.4, -0.2) is 31.1 Å². The van der Waals surface area contributed by atoms with Crippen molar-refractivity contribution in [2.45, 2.75) is 52.8 Å². The summed E-state index contributed by atoms with van der Waals surface area (Å²) >= 11 is 2.15. The van der Waals surface area contributed by atoms with Crippen molar-refractivity contribution in [1.82, 2.24) is 3.53 Å². The molecule has 0 aromatic rings. The molecular weight excluding hydrogens is 512 g/mol. The number of esters is 2. The van der Waals surface area contributed by atoms with Crippen LogP contribution in [0.5, 0.6) is 0 Å². The molecule has 124 valence electrons. The van der Waals surface area contributed by atoms with Crippen molar-refractivity contribution < 1.29 is 40.5 Å². The van der Waals surface area contributed by atoms with Crippen LogP contribution in [0.3, 0.4) is 0 Å². The predicted octanol–water partition coefficient (Wildman–Crippen LogP) is -1.37. The van der Waals surface area contributed by atoms with Gasteiger partial charge in [0, 0.05) is 0 Å². The number of hydrogen-bond donors (Lipinski definition) is 1. The quantitative estimate of drug-likeness (QED) is 0.121. The standard InChI is InChI=1S/C15H20I2NO4/c1-14(2,22-13(20)15(3,16)12-17-18-12)10-6-4-7-8(5-6)21-11(19)9(7)10/h6-10,12,18H,4-5H2,1-3H3/q-1/t6?,7-,8?,9?,10?,12?,15?/m1/s1. The molecule has 1 N–H and O–H groups in total. The van der Waals surface area contributed by atoms with Gasteiger partial charge in [-0.2, -0.15) is 0 Å². The molecule has 6 unspecified atom stereocenters. The van der Waals surface area contributed by atoms with E-state index in [-0.39, 0.29) is 51.4 Å². The molecule has 2 heterocycles. The van der Waals surface area contributed by atoms with Gasteiger partial charge in [0.15, 0.2) is 0 Å². The van der Waals surface area contributed by atoms with E-state index in [0.717, 1.165) is 12.8 Å². The van der Waals surface area contributed by atoms with Gasteiger partial charge in [-0.1, -0.05) is 0 Å². The molecule has 0 amide bonds. The Hall–Kier alpha value is 0.360. The molecule has 4 rings (SSSR count). The van der Waals surface area contributed by atoms with Crippen molar-refractivity contribution in [3.05, 3.63) is 0 Å². The summed E-state index contributed by atoms with van der Waals surface area (Å²) in [5.41, 5.74) is -0.616. The summed E-state index contributed by atoms with van der Waals surface area (Å²) in [4.78, 5) is 24.8. The average molecular weight is 532 g/mol. The van der Waals surface area contributed by atoms with E-state index in [9.17, 15) is 9.59 Å². The van der Waals surface area contributed by atoms with Crippen LogP contribution in [0.4, 0.5) is 0 Å². The predicted molar refractivity (Wildman–Crippen MR) is 82.6 cm³/mol. The Balaban J connectivity index is 1.54. The Kier molecular flexibility index (Phi) is 3.56. The number of rotatable bonds is 4. The van der Waals surface area contributed by atoms with Crippen molar-refractivity contribution in [3.63, 3.8) is 0 Å². The topological polar surface area (TPSA) is 74.5 Å². The normalized spacial score (nSPS) is 45.0. The van der Waals surface area contributed by atoms with Gasteiger partial charge >= 0.3 is 155 Å². The number of nitrogens with one attached hydrogen (secondary N) is 1. The molecule has 2 saturated heterocycles. The molecule has 0 aromatic heterocycles. The molecule has 2 saturated carbocycles. The maximum atomic E-state index is 12.6. The second kappa shape index (κ2) is 4.93. The minimum absolute atomic E-state index is 0.0536. The Bertz CT molecular complexity index is 544. The van der Waals surface area contributed by atoms with Crippen molar-refractivity contribution in [2.24, 2.45) is 23.7 Å². The number of halogens is 2. The van der Waals surface area contributed by atoms with E-state index >= 15 is 0 Å². The molecule has 0 aromatic carbocycles. The fraction of sp³-hybridized carbons (Fsp3) is 0.867. The number of hydrogen-bond acceptors (Lipinski definition) is 5. The van der Waals surface area contributed by atoms with Gasteiger partial charge in [-0.15, -0.1) is 0 Å². The number of fused-ring (bicyclic) bond motifs is 1. The Morgan fingerprint density at radius 3 is 2.73 bits per heavy atom. The summed E-state index contributed by atoms with van der Waals surface area (Å²) in [7, 11) is 0. The van der Waals surface area contributed by atoms with Crippen LogP contribution in [0.15, 0.2) is 0 Å². The Morgan fingerprint density at radius 2 is 2.09 bits per heavy atom. The van der Waals surface area contributed by atoms with Crippen LogP contribution >= 0.6 is 22.6 Å². The third kappa shape index (κ3) is 2.24. The SMILES string of the molecule is CC(C)(OC(=O)C(C)(I)C1N[I-]1)C1C2CC3OC(=O)C1[C@@H]3C2. The molecule has 7 atom stereocenters. The molecule has 4 fully saturated rings. The van der Waals surface area contributed by atoms with Gasteiger partial charge < -0.3 is 0 Å². The van der Waals surface area contributed by atoms with Crippen molar-refractivity contribution in [2.75, 3.05) is 0 Å².